The fourth-order valence-corrected chi connectivity index (χ4v) is 1.96. The second kappa shape index (κ2) is 5.41. The van der Waals surface area contributed by atoms with Gasteiger partial charge in [-0.05, 0) is 40.3 Å². The van der Waals surface area contributed by atoms with Crippen LogP contribution < -0.4 is 4.84 Å². The molecule has 0 spiro atoms. The van der Waals surface area contributed by atoms with Crippen molar-refractivity contribution in [2.75, 3.05) is 0 Å². The molecule has 0 bridgehead atoms. The number of hydrogen-bond donors (Lipinski definition) is 0. The average Bonchev–Trinajstić information content (AvgIpc) is 3.03. The highest BCUT2D eigenvalue weighted by Gasteiger charge is 2.09. The van der Waals surface area contributed by atoms with Gasteiger partial charge in [0.15, 0.2) is 12.4 Å². The van der Waals surface area contributed by atoms with E-state index in [9.17, 15) is 0 Å². The van der Waals surface area contributed by atoms with Gasteiger partial charge in [-0.1, -0.05) is 23.4 Å². The summed E-state index contributed by atoms with van der Waals surface area (Å²) in [6.07, 6.45) is 0.944. The van der Waals surface area contributed by atoms with Gasteiger partial charge in [-0.3, -0.25) is 0 Å². The number of halogens is 1. The van der Waals surface area contributed by atoms with Crippen LogP contribution in [0.25, 0.3) is 11.0 Å². The summed E-state index contributed by atoms with van der Waals surface area (Å²) < 4.78 is 1.70. The van der Waals surface area contributed by atoms with Crippen molar-refractivity contribution in [1.29, 1.82) is 0 Å². The maximum Gasteiger partial charge on any atom is 0.191 e. The summed E-state index contributed by atoms with van der Waals surface area (Å²) in [5, 5.41) is 20.0. The van der Waals surface area contributed by atoms with Crippen molar-refractivity contribution < 1.29 is 4.84 Å². The Morgan fingerprint density at radius 3 is 3.00 bits per heavy atom. The van der Waals surface area contributed by atoms with E-state index in [4.69, 9.17) is 16.4 Å². The van der Waals surface area contributed by atoms with Crippen LogP contribution in [0.2, 0.25) is 5.02 Å². The Labute approximate surface area is 119 Å². The van der Waals surface area contributed by atoms with Gasteiger partial charge in [0.25, 0.3) is 0 Å². The van der Waals surface area contributed by atoms with Crippen LogP contribution in [0.15, 0.2) is 18.2 Å². The lowest BCUT2D eigenvalue weighted by Gasteiger charge is -2.05. The van der Waals surface area contributed by atoms with Gasteiger partial charge < -0.3 is 4.84 Å². The molecule has 0 amide bonds. The fraction of sp³-hybridized carbons (Fsp3) is 0.364. The molecule has 0 fully saturated rings. The highest BCUT2D eigenvalue weighted by molar-refractivity contribution is 6.31. The molecule has 1 aromatic carbocycles. The zero-order chi connectivity index (χ0) is 13.9. The van der Waals surface area contributed by atoms with Gasteiger partial charge in [-0.2, -0.15) is 0 Å². The standard InChI is InChI=1S/C11H12ClN7O/c1-2-5-18-11(14-15-17-18)7-20-19-10-6-8(12)3-4-9(10)13-16-19/h3-4,6H,2,5,7H2,1H3. The van der Waals surface area contributed by atoms with E-state index in [0.717, 1.165) is 13.0 Å². The zero-order valence-electron chi connectivity index (χ0n) is 10.8. The summed E-state index contributed by atoms with van der Waals surface area (Å²) in [5.41, 5.74) is 1.41. The topological polar surface area (TPSA) is 83.5 Å². The van der Waals surface area contributed by atoms with Gasteiger partial charge >= 0.3 is 0 Å². The maximum atomic E-state index is 5.95. The maximum absolute atomic E-state index is 5.95. The van der Waals surface area contributed by atoms with E-state index < -0.39 is 0 Å². The summed E-state index contributed by atoms with van der Waals surface area (Å²) in [6.45, 7) is 3.01. The molecule has 20 heavy (non-hydrogen) atoms. The summed E-state index contributed by atoms with van der Waals surface area (Å²) in [4.78, 5) is 6.89. The highest BCUT2D eigenvalue weighted by Crippen LogP contribution is 2.16. The molecule has 0 radical (unpaired) electrons. The zero-order valence-corrected chi connectivity index (χ0v) is 11.5. The van der Waals surface area contributed by atoms with E-state index in [1.165, 1.54) is 4.85 Å². The molecule has 0 N–H and O–H groups in total. The number of rotatable bonds is 5. The molecular formula is C11H12ClN7O. The van der Waals surface area contributed by atoms with Gasteiger partial charge in [0.1, 0.15) is 11.0 Å². The molecule has 3 rings (SSSR count). The minimum absolute atomic E-state index is 0.206. The van der Waals surface area contributed by atoms with Crippen LogP contribution in [-0.2, 0) is 13.2 Å². The Morgan fingerprint density at radius 2 is 2.15 bits per heavy atom. The third kappa shape index (κ3) is 2.42. The van der Waals surface area contributed by atoms with E-state index in [2.05, 4.69) is 32.8 Å². The van der Waals surface area contributed by atoms with Crippen LogP contribution in [0, 0.1) is 0 Å². The molecule has 104 valence electrons. The van der Waals surface area contributed by atoms with E-state index in [1.807, 2.05) is 0 Å². The second-order valence-electron chi connectivity index (χ2n) is 4.19. The predicted molar refractivity (Wildman–Crippen MR) is 70.9 cm³/mol. The van der Waals surface area contributed by atoms with E-state index >= 15 is 0 Å². The molecule has 0 saturated heterocycles. The number of aromatic nitrogens is 7. The van der Waals surface area contributed by atoms with Crippen molar-refractivity contribution >= 4 is 22.6 Å². The Hall–Kier alpha value is -2.22. The van der Waals surface area contributed by atoms with Crippen molar-refractivity contribution in [2.24, 2.45) is 0 Å². The fourth-order valence-electron chi connectivity index (χ4n) is 1.80. The summed E-state index contributed by atoms with van der Waals surface area (Å²) >= 11 is 5.95. The molecule has 0 aliphatic heterocycles. The molecule has 0 atom stereocenters. The minimum Gasteiger partial charge on any atom is -0.387 e. The number of aryl methyl sites for hydroxylation is 1. The van der Waals surface area contributed by atoms with Gasteiger partial charge in [0.05, 0.1) is 0 Å². The average molecular weight is 294 g/mol. The Bertz CT molecular complexity index is 722. The van der Waals surface area contributed by atoms with Gasteiger partial charge in [-0.15, -0.1) is 10.2 Å². The monoisotopic (exact) mass is 293 g/mol. The van der Waals surface area contributed by atoms with Crippen LogP contribution in [-0.4, -0.2) is 35.4 Å². The SMILES string of the molecule is CCCn1nnnc1COn1nnc2ccc(Cl)cc21. The minimum atomic E-state index is 0.206. The molecule has 2 heterocycles. The summed E-state index contributed by atoms with van der Waals surface area (Å²) in [5.74, 6) is 0.637. The molecule has 0 saturated carbocycles. The van der Waals surface area contributed by atoms with Crippen LogP contribution in [0.4, 0.5) is 0 Å². The molecule has 3 aromatic rings. The number of nitrogens with zero attached hydrogens (tertiary/aromatic N) is 7. The first-order valence-electron chi connectivity index (χ1n) is 6.17. The lowest BCUT2D eigenvalue weighted by atomic mass is 10.3. The molecule has 0 aliphatic rings. The van der Waals surface area contributed by atoms with Crippen molar-refractivity contribution in [3.8, 4) is 0 Å². The number of hydrogen-bond acceptors (Lipinski definition) is 6. The van der Waals surface area contributed by atoms with Crippen LogP contribution in [0.5, 0.6) is 0 Å². The first kappa shape index (κ1) is 12.8. The number of benzene rings is 1. The largest absolute Gasteiger partial charge is 0.387 e. The predicted octanol–water partition coefficient (Wildman–Crippen LogP) is 1.11. The third-order valence-electron chi connectivity index (χ3n) is 2.73. The van der Waals surface area contributed by atoms with Crippen LogP contribution >= 0.6 is 11.6 Å². The van der Waals surface area contributed by atoms with Gasteiger partial charge in [0, 0.05) is 11.6 Å². The molecule has 8 nitrogen and oxygen atoms in total. The number of fused-ring (bicyclic) bond motifs is 1. The molecule has 2 aromatic heterocycles. The first-order valence-corrected chi connectivity index (χ1v) is 6.55. The normalized spacial score (nSPS) is 11.1. The van der Waals surface area contributed by atoms with Crippen LogP contribution in [0.1, 0.15) is 19.2 Å². The highest BCUT2D eigenvalue weighted by atomic mass is 35.5. The number of tetrazole rings is 1. The van der Waals surface area contributed by atoms with Gasteiger partial charge in [-0.25, -0.2) is 4.68 Å². The van der Waals surface area contributed by atoms with Crippen molar-refractivity contribution in [3.63, 3.8) is 0 Å². The molecule has 9 heteroatoms. The summed E-state index contributed by atoms with van der Waals surface area (Å²) in [6, 6.07) is 5.28. The lowest BCUT2D eigenvalue weighted by Crippen LogP contribution is -2.16. The first-order chi connectivity index (χ1) is 9.78. The molecule has 0 aliphatic carbocycles. The van der Waals surface area contributed by atoms with Gasteiger partial charge in [0.2, 0.25) is 0 Å². The molecular weight excluding hydrogens is 282 g/mol. The van der Waals surface area contributed by atoms with Crippen molar-refractivity contribution in [1.82, 2.24) is 35.4 Å². The van der Waals surface area contributed by atoms with E-state index in [0.29, 0.717) is 21.9 Å². The van der Waals surface area contributed by atoms with Crippen molar-refractivity contribution in [3.05, 3.63) is 29.0 Å². The van der Waals surface area contributed by atoms with E-state index in [-0.39, 0.29) is 6.61 Å². The van der Waals surface area contributed by atoms with Crippen LogP contribution in [0.3, 0.4) is 0 Å². The van der Waals surface area contributed by atoms with E-state index in [1.54, 1.807) is 22.9 Å². The Morgan fingerprint density at radius 1 is 1.25 bits per heavy atom. The quantitative estimate of drug-likeness (QED) is 0.701. The Kier molecular flexibility index (Phi) is 3.46. The second-order valence-corrected chi connectivity index (χ2v) is 4.62. The van der Waals surface area contributed by atoms with Crippen molar-refractivity contribution in [2.45, 2.75) is 26.5 Å². The third-order valence-corrected chi connectivity index (χ3v) is 2.97. The smallest absolute Gasteiger partial charge is 0.191 e. The summed E-state index contributed by atoms with van der Waals surface area (Å²) in [7, 11) is 0. The molecule has 0 unspecified atom stereocenters. The lowest BCUT2D eigenvalue weighted by molar-refractivity contribution is 0.0684. The Balaban J connectivity index is 1.79.